The fourth-order valence-corrected chi connectivity index (χ4v) is 12.7. The zero-order valence-corrected chi connectivity index (χ0v) is 37.5. The van der Waals surface area contributed by atoms with Crippen molar-refractivity contribution in [3.63, 3.8) is 0 Å². The van der Waals surface area contributed by atoms with Crippen LogP contribution in [-0.2, 0) is 22.4 Å². The number of carbonyl (C=O) groups excluding carboxylic acids is 1. The van der Waals surface area contributed by atoms with E-state index in [1.165, 1.54) is 30.4 Å². The van der Waals surface area contributed by atoms with Gasteiger partial charge in [-0.05, 0) is 150 Å². The van der Waals surface area contributed by atoms with Gasteiger partial charge in [0.2, 0.25) is 0 Å². The molecule has 10 atom stereocenters. The quantitative estimate of drug-likeness (QED) is 0.0436. The van der Waals surface area contributed by atoms with Crippen LogP contribution in [0, 0.1) is 40.9 Å². The monoisotopic (exact) mass is 841 g/mol. The molecule has 0 radical (unpaired) electrons. The summed E-state index contributed by atoms with van der Waals surface area (Å²) in [6.45, 7) is 9.29. The standard InChI is InChI=1S/C52H76N2O7/c1-35(41-18-17-36(2)49(59)54-50(25-28-61-5,44-15-7-6-8-16-44)31-39-13-10-12-38(29-39)30-41)11-9-14-43(34-57)45-21-23-52(48(45)58)47-40(22-27-55)19-20-42(46(47)37(3)33-56)32-51(52,60)24-26-53-4/h9-14,17,19-20,29,33,40-42,44-45,47-49,53-55,57-60H,1,6-8,15-16,18,21-28,30-32,34H2,2-5H3. The molecule has 0 aromatic heterocycles. The highest BCUT2D eigenvalue weighted by atomic mass is 16.5. The van der Waals surface area contributed by atoms with Crippen molar-refractivity contribution >= 4 is 6.29 Å². The average Bonchev–Trinajstić information content (AvgIpc) is 3.61. The number of aldehydes is 1. The smallest absolute Gasteiger partial charge is 0.145 e. The fourth-order valence-electron chi connectivity index (χ4n) is 12.7. The largest absolute Gasteiger partial charge is 0.396 e. The maximum atomic E-state index is 12.8. The first-order valence-corrected chi connectivity index (χ1v) is 23.3. The Morgan fingerprint density at radius 2 is 1.85 bits per heavy atom. The number of allylic oxidation sites excluding steroid dienone is 9. The Labute approximate surface area is 365 Å². The van der Waals surface area contributed by atoms with Gasteiger partial charge >= 0.3 is 0 Å². The maximum Gasteiger partial charge on any atom is 0.145 e. The molecule has 3 fully saturated rings. The molecule has 7 N–H and O–H groups in total. The minimum atomic E-state index is -1.24. The van der Waals surface area contributed by atoms with Crippen LogP contribution in [0.5, 0.6) is 0 Å². The first-order valence-electron chi connectivity index (χ1n) is 23.3. The van der Waals surface area contributed by atoms with Gasteiger partial charge in [0, 0.05) is 43.1 Å². The Morgan fingerprint density at radius 3 is 2.56 bits per heavy atom. The molecule has 4 bridgehead atoms. The van der Waals surface area contributed by atoms with Crippen LogP contribution in [0.3, 0.4) is 0 Å². The summed E-state index contributed by atoms with van der Waals surface area (Å²) < 4.78 is 5.65. The predicted molar refractivity (Wildman–Crippen MR) is 243 cm³/mol. The van der Waals surface area contributed by atoms with E-state index in [0.29, 0.717) is 68.7 Å². The number of nitrogens with one attached hydrogen (secondary N) is 2. The SMILES string of the molecule is C=C(C=CC=C(CO)C1CCC2(C1O)C1C(=C(C)C=O)C(C=CC1CCO)CC2(O)CCNC)C1CC=C(C)C(O)NC(CCOC)(C2CCCCC2)Cc2cccc(c2)C1. The minimum absolute atomic E-state index is 0.0418. The number of rotatable bonds is 15. The number of methoxy groups -OCH3 is 1. The molecule has 5 aliphatic rings. The Kier molecular flexibility index (Phi) is 16.4. The van der Waals surface area contributed by atoms with E-state index in [2.05, 4.69) is 59.7 Å². The molecule has 61 heavy (non-hydrogen) atoms. The van der Waals surface area contributed by atoms with Crippen molar-refractivity contribution in [3.8, 4) is 0 Å². The summed E-state index contributed by atoms with van der Waals surface area (Å²) in [7, 11) is 3.62. The average molecular weight is 841 g/mol. The van der Waals surface area contributed by atoms with Gasteiger partial charge in [0.05, 0.1) is 18.3 Å². The van der Waals surface area contributed by atoms with Crippen molar-refractivity contribution in [3.05, 3.63) is 106 Å². The van der Waals surface area contributed by atoms with Crippen molar-refractivity contribution in [1.29, 1.82) is 0 Å². The topological polar surface area (TPSA) is 152 Å². The van der Waals surface area contributed by atoms with Crippen molar-refractivity contribution in [2.45, 2.75) is 127 Å². The van der Waals surface area contributed by atoms with Crippen LogP contribution in [-0.4, -0.2) is 95.8 Å². The zero-order valence-electron chi connectivity index (χ0n) is 37.5. The number of ether oxygens (including phenoxy) is 1. The van der Waals surface area contributed by atoms with Gasteiger partial charge < -0.3 is 35.6 Å². The van der Waals surface area contributed by atoms with Gasteiger partial charge in [-0.15, -0.1) is 0 Å². The summed E-state index contributed by atoms with van der Waals surface area (Å²) in [5, 5.41) is 65.3. The van der Waals surface area contributed by atoms with Crippen molar-refractivity contribution in [2.75, 3.05) is 40.5 Å². The van der Waals surface area contributed by atoms with E-state index in [-0.39, 0.29) is 42.4 Å². The van der Waals surface area contributed by atoms with Gasteiger partial charge in [0.15, 0.2) is 0 Å². The van der Waals surface area contributed by atoms with Crippen LogP contribution in [0.1, 0.15) is 102 Å². The molecule has 1 spiro atoms. The van der Waals surface area contributed by atoms with Crippen LogP contribution in [0.4, 0.5) is 0 Å². The molecule has 1 heterocycles. The normalized spacial score (nSPS) is 35.8. The van der Waals surface area contributed by atoms with Gasteiger partial charge in [-0.1, -0.05) is 97.7 Å². The van der Waals surface area contributed by atoms with E-state index in [1.54, 1.807) is 7.11 Å². The van der Waals surface area contributed by atoms with E-state index >= 15 is 0 Å². The van der Waals surface area contributed by atoms with E-state index in [0.717, 1.165) is 55.1 Å². The number of carbonyl (C=O) groups is 1. The van der Waals surface area contributed by atoms with Gasteiger partial charge in [-0.25, -0.2) is 0 Å². The van der Waals surface area contributed by atoms with Crippen molar-refractivity contribution in [1.82, 2.24) is 10.6 Å². The summed E-state index contributed by atoms with van der Waals surface area (Å²) in [6.07, 6.45) is 22.8. The van der Waals surface area contributed by atoms with Gasteiger partial charge in [-0.2, -0.15) is 0 Å². The van der Waals surface area contributed by atoms with Crippen LogP contribution in [0.2, 0.25) is 0 Å². The number of benzene rings is 1. The number of aliphatic hydroxyl groups is 5. The molecular weight excluding hydrogens is 765 g/mol. The summed E-state index contributed by atoms with van der Waals surface area (Å²) in [4.78, 5) is 12.4. The van der Waals surface area contributed by atoms with E-state index in [1.807, 2.05) is 39.1 Å². The highest BCUT2D eigenvalue weighted by Crippen LogP contribution is 2.67. The maximum absolute atomic E-state index is 12.8. The molecule has 0 saturated heterocycles. The van der Waals surface area contributed by atoms with Gasteiger partial charge in [-0.3, -0.25) is 10.1 Å². The molecule has 9 heteroatoms. The predicted octanol–water partition coefficient (Wildman–Crippen LogP) is 6.85. The zero-order chi connectivity index (χ0) is 43.8. The third-order valence-electron chi connectivity index (χ3n) is 15.9. The lowest BCUT2D eigenvalue weighted by atomic mass is 9.45. The van der Waals surface area contributed by atoms with Gasteiger partial charge in [0.25, 0.3) is 0 Å². The first kappa shape index (κ1) is 47.5. The molecule has 3 saturated carbocycles. The molecule has 6 rings (SSSR count). The second-order valence-electron chi connectivity index (χ2n) is 19.3. The lowest BCUT2D eigenvalue weighted by molar-refractivity contribution is -0.194. The van der Waals surface area contributed by atoms with E-state index in [9.17, 15) is 30.3 Å². The molecule has 1 aliphatic heterocycles. The van der Waals surface area contributed by atoms with E-state index in [4.69, 9.17) is 4.74 Å². The van der Waals surface area contributed by atoms with Gasteiger partial charge in [0.1, 0.15) is 12.5 Å². The summed E-state index contributed by atoms with van der Waals surface area (Å²) in [5.41, 5.74) is 4.12. The number of aliphatic hydroxyl groups excluding tert-OH is 4. The molecule has 4 aliphatic carbocycles. The molecule has 1 aromatic rings. The van der Waals surface area contributed by atoms with E-state index < -0.39 is 29.3 Å². The molecule has 336 valence electrons. The second-order valence-corrected chi connectivity index (χ2v) is 19.3. The summed E-state index contributed by atoms with van der Waals surface area (Å²) in [6, 6.07) is 8.90. The fraction of sp³-hybridized carbons (Fsp3) is 0.635. The Bertz CT molecular complexity index is 1830. The Hall–Kier alpha value is -2.99. The summed E-state index contributed by atoms with van der Waals surface area (Å²) in [5.74, 6) is -0.511. The Morgan fingerprint density at radius 1 is 1.08 bits per heavy atom. The molecule has 1 aromatic carbocycles. The minimum Gasteiger partial charge on any atom is -0.396 e. The third kappa shape index (κ3) is 9.90. The first-order chi connectivity index (χ1) is 29.4. The molecule has 0 amide bonds. The van der Waals surface area contributed by atoms with Crippen LogP contribution >= 0.6 is 0 Å². The highest BCUT2D eigenvalue weighted by molar-refractivity contribution is 5.74. The summed E-state index contributed by atoms with van der Waals surface area (Å²) >= 11 is 0. The molecular formula is C52H76N2O7. The second kappa shape index (κ2) is 21.1. The van der Waals surface area contributed by atoms with Crippen LogP contribution in [0.25, 0.3) is 0 Å². The third-order valence-corrected chi connectivity index (χ3v) is 15.9. The lowest BCUT2D eigenvalue weighted by Crippen LogP contribution is -2.65. The van der Waals surface area contributed by atoms with Crippen molar-refractivity contribution < 1.29 is 35.1 Å². The number of hydrogen-bond acceptors (Lipinski definition) is 9. The van der Waals surface area contributed by atoms with Crippen LogP contribution in [0.15, 0.2) is 95.2 Å². The van der Waals surface area contributed by atoms with Crippen molar-refractivity contribution in [2.24, 2.45) is 40.9 Å². The molecule has 10 unspecified atom stereocenters. The highest BCUT2D eigenvalue weighted by Gasteiger charge is 2.68. The lowest BCUT2D eigenvalue weighted by Gasteiger charge is -2.61. The molecule has 9 nitrogen and oxygen atoms in total. The van der Waals surface area contributed by atoms with Crippen LogP contribution < -0.4 is 10.6 Å². The Balaban J connectivity index is 1.27. The number of fused-ring (bicyclic) bond motifs is 5. The number of hydrogen-bond donors (Lipinski definition) is 7.